The second-order valence-electron chi connectivity index (χ2n) is 8.96. The molecule has 0 radical (unpaired) electrons. The van der Waals surface area contributed by atoms with Crippen LogP contribution in [0.5, 0.6) is 0 Å². The Labute approximate surface area is 226 Å². The van der Waals surface area contributed by atoms with Crippen LogP contribution in [0.15, 0.2) is 61.1 Å². The molecule has 0 amide bonds. The molecule has 2 aromatic carbocycles. The average molecular weight is 548 g/mol. The number of aromatic nitrogens is 5. The Kier molecular flexibility index (Phi) is 5.94. The van der Waals surface area contributed by atoms with Crippen molar-refractivity contribution in [2.75, 3.05) is 10.6 Å². The topological polar surface area (TPSA) is 104 Å². The molecule has 12 heteroatoms. The van der Waals surface area contributed by atoms with Gasteiger partial charge in [-0.1, -0.05) is 28.9 Å². The lowest BCUT2D eigenvalue weighted by atomic mass is 10.0. The minimum Gasteiger partial charge on any atom is -0.373 e. The van der Waals surface area contributed by atoms with Gasteiger partial charge in [0.2, 0.25) is 5.95 Å². The van der Waals surface area contributed by atoms with Crippen molar-refractivity contribution in [3.05, 3.63) is 100 Å². The van der Waals surface area contributed by atoms with Gasteiger partial charge in [0.15, 0.2) is 5.82 Å². The minimum atomic E-state index is -1.71. The SMILES string of the molecule is [2H][C@@](Nc1cc(Cl)c2ncc(C#N)c(Nc3cnc(F)c(F)c3)c2c1)(c1ccc(F)cc1)c1cn(C2CC2)nn1. The Morgan fingerprint density at radius 1 is 1.08 bits per heavy atom. The van der Waals surface area contributed by atoms with Gasteiger partial charge >= 0.3 is 0 Å². The van der Waals surface area contributed by atoms with Crippen LogP contribution >= 0.6 is 11.6 Å². The molecule has 8 nitrogen and oxygen atoms in total. The zero-order valence-electron chi connectivity index (χ0n) is 21.0. The van der Waals surface area contributed by atoms with Crippen LogP contribution < -0.4 is 10.6 Å². The molecule has 1 saturated carbocycles. The molecule has 1 fully saturated rings. The molecule has 194 valence electrons. The number of pyridine rings is 2. The number of anilines is 3. The maximum Gasteiger partial charge on any atom is 0.249 e. The number of hydrogen-bond donors (Lipinski definition) is 2. The van der Waals surface area contributed by atoms with E-state index in [4.69, 9.17) is 11.6 Å². The Hall–Kier alpha value is -4.69. The van der Waals surface area contributed by atoms with Gasteiger partial charge in [-0.3, -0.25) is 4.98 Å². The van der Waals surface area contributed by atoms with E-state index in [0.717, 1.165) is 25.1 Å². The quantitative estimate of drug-likeness (QED) is 0.226. The van der Waals surface area contributed by atoms with Crippen LogP contribution in [0.4, 0.5) is 30.2 Å². The fourth-order valence-electron chi connectivity index (χ4n) is 4.14. The highest BCUT2D eigenvalue weighted by Gasteiger charge is 2.27. The largest absolute Gasteiger partial charge is 0.373 e. The van der Waals surface area contributed by atoms with Crippen molar-refractivity contribution in [2.45, 2.75) is 24.9 Å². The molecule has 0 spiro atoms. The summed E-state index contributed by atoms with van der Waals surface area (Å²) >= 11 is 6.60. The van der Waals surface area contributed by atoms with Gasteiger partial charge in [-0.25, -0.2) is 18.4 Å². The summed E-state index contributed by atoms with van der Waals surface area (Å²) in [6, 6.07) is 10.1. The third-order valence-electron chi connectivity index (χ3n) is 6.20. The Balaban J connectivity index is 1.47. The maximum absolute atomic E-state index is 13.9. The van der Waals surface area contributed by atoms with E-state index in [1.807, 2.05) is 6.07 Å². The molecule has 5 aromatic rings. The van der Waals surface area contributed by atoms with E-state index in [9.17, 15) is 19.8 Å². The van der Waals surface area contributed by atoms with Crippen molar-refractivity contribution in [1.82, 2.24) is 25.0 Å². The van der Waals surface area contributed by atoms with Crippen LogP contribution in [-0.2, 0) is 0 Å². The van der Waals surface area contributed by atoms with Gasteiger partial charge in [0, 0.05) is 23.3 Å². The molecule has 1 aliphatic carbocycles. The van der Waals surface area contributed by atoms with Crippen molar-refractivity contribution >= 4 is 39.6 Å². The first-order valence-electron chi connectivity index (χ1n) is 12.3. The van der Waals surface area contributed by atoms with Crippen molar-refractivity contribution in [3.63, 3.8) is 0 Å². The Morgan fingerprint density at radius 3 is 2.59 bits per heavy atom. The van der Waals surface area contributed by atoms with Crippen LogP contribution in [0, 0.1) is 28.9 Å². The molecule has 3 heterocycles. The number of nitrogens with zero attached hydrogens (tertiary/aromatic N) is 6. The fraction of sp³-hybridized carbons (Fsp3) is 0.148. The fourth-order valence-corrected chi connectivity index (χ4v) is 4.41. The smallest absolute Gasteiger partial charge is 0.249 e. The third-order valence-corrected chi connectivity index (χ3v) is 6.49. The average Bonchev–Trinajstić information content (AvgIpc) is 3.67. The van der Waals surface area contributed by atoms with Crippen LogP contribution in [0.2, 0.25) is 5.02 Å². The number of rotatable bonds is 7. The van der Waals surface area contributed by atoms with E-state index < -0.39 is 23.6 Å². The van der Waals surface area contributed by atoms with Gasteiger partial charge in [0.05, 0.1) is 53.3 Å². The summed E-state index contributed by atoms with van der Waals surface area (Å²) in [6.07, 6.45) is 6.01. The summed E-state index contributed by atoms with van der Waals surface area (Å²) in [4.78, 5) is 7.67. The second-order valence-corrected chi connectivity index (χ2v) is 9.36. The van der Waals surface area contributed by atoms with E-state index in [1.54, 1.807) is 23.0 Å². The Bertz CT molecular complexity index is 1800. The predicted octanol–water partition coefficient (Wildman–Crippen LogP) is 6.44. The zero-order valence-corrected chi connectivity index (χ0v) is 20.7. The van der Waals surface area contributed by atoms with Crippen molar-refractivity contribution in [3.8, 4) is 6.07 Å². The summed E-state index contributed by atoms with van der Waals surface area (Å²) in [5, 5.41) is 24.8. The lowest BCUT2D eigenvalue weighted by Crippen LogP contribution is -2.13. The molecule has 1 aliphatic rings. The standard InChI is InChI=1S/C27H18ClF3N8/c28-21-8-17(35-25(14-1-3-16(29)4-2-14)23-13-39(38-37-23)19-5-6-19)7-20-24(15(10-32)11-33-26(20)21)36-18-9-22(30)27(31)34-12-18/h1-4,7-9,11-13,19,25,35H,5-6H2,(H,33,36)/t25-/m1/s1/i25D. The van der Waals surface area contributed by atoms with Crippen molar-refractivity contribution in [1.29, 1.82) is 5.26 Å². The molecule has 3 aromatic heterocycles. The van der Waals surface area contributed by atoms with Gasteiger partial charge < -0.3 is 10.6 Å². The Morgan fingerprint density at radius 2 is 1.87 bits per heavy atom. The number of halogens is 4. The van der Waals surface area contributed by atoms with Crippen molar-refractivity contribution < 1.29 is 14.5 Å². The lowest BCUT2D eigenvalue weighted by Gasteiger charge is -2.20. The molecule has 6 rings (SSSR count). The summed E-state index contributed by atoms with van der Waals surface area (Å²) in [7, 11) is 0. The van der Waals surface area contributed by atoms with Gasteiger partial charge in [-0.15, -0.1) is 5.10 Å². The summed E-state index contributed by atoms with van der Waals surface area (Å²) in [5.74, 6) is -2.88. The van der Waals surface area contributed by atoms with Gasteiger partial charge in [-0.05, 0) is 42.7 Å². The molecule has 39 heavy (non-hydrogen) atoms. The number of hydrogen-bond acceptors (Lipinski definition) is 7. The third kappa shape index (κ3) is 4.94. The number of fused-ring (bicyclic) bond motifs is 1. The number of nitriles is 1. The van der Waals surface area contributed by atoms with Crippen molar-refractivity contribution in [2.24, 2.45) is 0 Å². The lowest BCUT2D eigenvalue weighted by molar-refractivity contribution is 0.480. The summed E-state index contributed by atoms with van der Waals surface area (Å²) in [6.45, 7) is 0. The highest BCUT2D eigenvalue weighted by molar-refractivity contribution is 6.36. The highest BCUT2D eigenvalue weighted by Crippen LogP contribution is 2.38. The monoisotopic (exact) mass is 547 g/mol. The van der Waals surface area contributed by atoms with E-state index in [2.05, 4.69) is 30.9 Å². The van der Waals surface area contributed by atoms with Crippen LogP contribution in [0.3, 0.4) is 0 Å². The molecule has 2 N–H and O–H groups in total. The number of nitrogens with one attached hydrogen (secondary N) is 2. The summed E-state index contributed by atoms with van der Waals surface area (Å²) in [5.41, 5.74) is 1.76. The first kappa shape index (κ1) is 23.4. The molecular weight excluding hydrogens is 529 g/mol. The van der Waals surface area contributed by atoms with Gasteiger partial charge in [-0.2, -0.15) is 9.65 Å². The highest BCUT2D eigenvalue weighted by atomic mass is 35.5. The molecule has 1 atom stereocenters. The van der Waals surface area contributed by atoms with Crippen LogP contribution in [-0.4, -0.2) is 25.0 Å². The van der Waals surface area contributed by atoms with E-state index >= 15 is 0 Å². The zero-order chi connectivity index (χ0) is 28.0. The normalized spacial score (nSPS) is 14.9. The first-order valence-corrected chi connectivity index (χ1v) is 12.2. The molecule has 0 bridgehead atoms. The van der Waals surface area contributed by atoms with Gasteiger partial charge in [0.25, 0.3) is 0 Å². The maximum atomic E-state index is 13.9. The molecule has 0 saturated heterocycles. The molecule has 0 unspecified atom stereocenters. The minimum absolute atomic E-state index is 0.0928. The molecular formula is C27H18ClF3N8. The van der Waals surface area contributed by atoms with E-state index in [-0.39, 0.29) is 33.7 Å². The van der Waals surface area contributed by atoms with Gasteiger partial charge in [0.1, 0.15) is 17.6 Å². The second kappa shape index (κ2) is 9.89. The first-order chi connectivity index (χ1) is 19.2. The van der Waals surface area contributed by atoms with E-state index in [0.29, 0.717) is 22.2 Å². The predicted molar refractivity (Wildman–Crippen MR) is 139 cm³/mol. The van der Waals surface area contributed by atoms with E-state index in [1.165, 1.54) is 30.5 Å². The van der Waals surface area contributed by atoms with Crippen LogP contribution in [0.1, 0.15) is 43.1 Å². The number of benzene rings is 2. The summed E-state index contributed by atoms with van der Waals surface area (Å²) < 4.78 is 52.2. The molecule has 0 aliphatic heterocycles. The van der Waals surface area contributed by atoms with Crippen LogP contribution in [0.25, 0.3) is 10.9 Å².